The van der Waals surface area contributed by atoms with Gasteiger partial charge in [0.25, 0.3) is 0 Å². The van der Waals surface area contributed by atoms with Crippen molar-refractivity contribution in [3.8, 4) is 0 Å². The number of hydrogen-bond acceptors (Lipinski definition) is 3. The number of hydrogen-bond donors (Lipinski definition) is 2. The quantitative estimate of drug-likeness (QED) is 0.627. The predicted octanol–water partition coefficient (Wildman–Crippen LogP) is 0.281. The number of amides is 1. The summed E-state index contributed by atoms with van der Waals surface area (Å²) >= 11 is 0. The summed E-state index contributed by atoms with van der Waals surface area (Å²) in [6, 6.07) is 0.381. The summed E-state index contributed by atoms with van der Waals surface area (Å²) in [5.41, 5.74) is 0. The average Bonchev–Trinajstić information content (AvgIpc) is 2.20. The van der Waals surface area contributed by atoms with E-state index in [0.717, 1.165) is 13.0 Å². The van der Waals surface area contributed by atoms with Crippen LogP contribution in [0.5, 0.6) is 0 Å². The van der Waals surface area contributed by atoms with Gasteiger partial charge < -0.3 is 15.4 Å². The minimum absolute atomic E-state index is 0.126. The summed E-state index contributed by atoms with van der Waals surface area (Å²) in [4.78, 5) is 11.4. The molecule has 2 N–H and O–H groups in total. The summed E-state index contributed by atoms with van der Waals surface area (Å²) in [6.45, 7) is 2.25. The highest BCUT2D eigenvalue weighted by Crippen LogP contribution is 2.09. The van der Waals surface area contributed by atoms with Gasteiger partial charge in [0.05, 0.1) is 6.61 Å². The molecule has 0 aromatic heterocycles. The highest BCUT2D eigenvalue weighted by atomic mass is 16.5. The van der Waals surface area contributed by atoms with Crippen molar-refractivity contribution in [1.29, 1.82) is 0 Å². The first kappa shape index (κ1) is 11.5. The Hall–Kier alpha value is -0.610. The van der Waals surface area contributed by atoms with Crippen LogP contribution in [0.3, 0.4) is 0 Å². The number of nitrogens with one attached hydrogen (secondary N) is 2. The first-order valence-corrected chi connectivity index (χ1v) is 5.32. The van der Waals surface area contributed by atoms with Gasteiger partial charge in [0.1, 0.15) is 0 Å². The Morgan fingerprint density at radius 1 is 1.57 bits per heavy atom. The zero-order chi connectivity index (χ0) is 10.2. The Labute approximate surface area is 85.4 Å². The van der Waals surface area contributed by atoms with Crippen LogP contribution in [0.2, 0.25) is 0 Å². The molecule has 0 saturated carbocycles. The van der Waals surface area contributed by atoms with E-state index in [4.69, 9.17) is 4.74 Å². The molecule has 1 saturated heterocycles. The Morgan fingerprint density at radius 2 is 2.43 bits per heavy atom. The molecule has 14 heavy (non-hydrogen) atoms. The maximum absolute atomic E-state index is 11.4. The fourth-order valence-electron chi connectivity index (χ4n) is 1.69. The molecule has 82 valence electrons. The number of piperidine rings is 1. The number of carbonyl (C=O) groups is 1. The lowest BCUT2D eigenvalue weighted by Crippen LogP contribution is -2.39. The van der Waals surface area contributed by atoms with Crippen molar-refractivity contribution in [3.05, 3.63) is 0 Å². The molecule has 0 radical (unpaired) electrons. The van der Waals surface area contributed by atoms with Gasteiger partial charge in [0, 0.05) is 26.1 Å². The van der Waals surface area contributed by atoms with Crippen molar-refractivity contribution in [2.24, 2.45) is 0 Å². The van der Waals surface area contributed by atoms with E-state index in [1.807, 2.05) is 0 Å². The van der Waals surface area contributed by atoms with Crippen LogP contribution in [-0.2, 0) is 9.53 Å². The van der Waals surface area contributed by atoms with Crippen LogP contribution in [0.15, 0.2) is 0 Å². The van der Waals surface area contributed by atoms with Crippen LogP contribution in [0, 0.1) is 0 Å². The molecule has 1 heterocycles. The second-order valence-electron chi connectivity index (χ2n) is 3.69. The third kappa shape index (κ3) is 4.58. The summed E-state index contributed by atoms with van der Waals surface area (Å²) < 4.78 is 4.85. The van der Waals surface area contributed by atoms with Gasteiger partial charge in [-0.1, -0.05) is 6.42 Å². The first-order chi connectivity index (χ1) is 6.83. The third-order valence-corrected chi connectivity index (χ3v) is 2.47. The molecule has 1 amide bonds. The molecule has 1 atom stereocenters. The highest BCUT2D eigenvalue weighted by molar-refractivity contribution is 5.76. The van der Waals surface area contributed by atoms with Gasteiger partial charge in [-0.15, -0.1) is 0 Å². The molecule has 0 bridgehead atoms. The Bertz CT molecular complexity index is 168. The summed E-state index contributed by atoms with van der Waals surface area (Å²) in [5.74, 6) is 0.126. The van der Waals surface area contributed by atoms with Gasteiger partial charge in [0.15, 0.2) is 0 Å². The Morgan fingerprint density at radius 3 is 3.07 bits per heavy atom. The molecular weight excluding hydrogens is 180 g/mol. The van der Waals surface area contributed by atoms with Crippen LogP contribution in [-0.4, -0.2) is 38.8 Å². The first-order valence-electron chi connectivity index (χ1n) is 5.32. The maximum atomic E-state index is 11.4. The molecular formula is C10H20N2O2. The summed E-state index contributed by atoms with van der Waals surface area (Å²) in [6.07, 6.45) is 4.20. The van der Waals surface area contributed by atoms with Gasteiger partial charge in [-0.25, -0.2) is 0 Å². The number of methoxy groups -OCH3 is 1. The summed E-state index contributed by atoms with van der Waals surface area (Å²) in [5, 5.41) is 6.18. The Balaban J connectivity index is 2.06. The largest absolute Gasteiger partial charge is 0.383 e. The second-order valence-corrected chi connectivity index (χ2v) is 3.69. The minimum Gasteiger partial charge on any atom is -0.383 e. The van der Waals surface area contributed by atoms with E-state index in [0.29, 0.717) is 25.6 Å². The fraction of sp³-hybridized carbons (Fsp3) is 0.900. The standard InChI is InChI=1S/C10H20N2O2/c1-14-7-6-12-10(13)8-9-4-2-3-5-11-9/h9,11H,2-8H2,1H3,(H,12,13). The van der Waals surface area contributed by atoms with E-state index in [-0.39, 0.29) is 5.91 Å². The lowest BCUT2D eigenvalue weighted by Gasteiger charge is -2.22. The van der Waals surface area contributed by atoms with E-state index >= 15 is 0 Å². The SMILES string of the molecule is COCCNC(=O)CC1CCCCN1. The molecule has 0 aromatic carbocycles. The molecule has 0 aromatic rings. The zero-order valence-corrected chi connectivity index (χ0v) is 8.84. The minimum atomic E-state index is 0.126. The summed E-state index contributed by atoms with van der Waals surface area (Å²) in [7, 11) is 1.63. The van der Waals surface area contributed by atoms with Crippen LogP contribution in [0.25, 0.3) is 0 Å². The van der Waals surface area contributed by atoms with E-state index in [1.165, 1.54) is 12.8 Å². The molecule has 4 heteroatoms. The maximum Gasteiger partial charge on any atom is 0.221 e. The molecule has 0 aliphatic carbocycles. The van der Waals surface area contributed by atoms with E-state index < -0.39 is 0 Å². The van der Waals surface area contributed by atoms with E-state index in [1.54, 1.807) is 7.11 Å². The lowest BCUT2D eigenvalue weighted by atomic mass is 10.0. The van der Waals surface area contributed by atoms with Crippen molar-refractivity contribution < 1.29 is 9.53 Å². The average molecular weight is 200 g/mol. The van der Waals surface area contributed by atoms with Crippen LogP contribution in [0.1, 0.15) is 25.7 Å². The molecule has 4 nitrogen and oxygen atoms in total. The fourth-order valence-corrected chi connectivity index (χ4v) is 1.69. The predicted molar refractivity (Wildman–Crippen MR) is 55.1 cm³/mol. The number of carbonyl (C=O) groups excluding carboxylic acids is 1. The van der Waals surface area contributed by atoms with Crippen LogP contribution < -0.4 is 10.6 Å². The molecule has 1 fully saturated rings. The van der Waals surface area contributed by atoms with Gasteiger partial charge >= 0.3 is 0 Å². The molecule has 1 aliphatic rings. The van der Waals surface area contributed by atoms with Crippen molar-refractivity contribution in [1.82, 2.24) is 10.6 Å². The molecule has 0 spiro atoms. The highest BCUT2D eigenvalue weighted by Gasteiger charge is 2.15. The van der Waals surface area contributed by atoms with Crippen LogP contribution in [0.4, 0.5) is 0 Å². The Kier molecular flexibility index (Phi) is 5.56. The smallest absolute Gasteiger partial charge is 0.221 e. The van der Waals surface area contributed by atoms with Gasteiger partial charge in [-0.3, -0.25) is 4.79 Å². The molecule has 1 unspecified atom stereocenters. The monoisotopic (exact) mass is 200 g/mol. The topological polar surface area (TPSA) is 50.4 Å². The van der Waals surface area contributed by atoms with Crippen molar-refractivity contribution in [2.75, 3.05) is 26.8 Å². The normalized spacial score (nSPS) is 21.9. The van der Waals surface area contributed by atoms with E-state index in [2.05, 4.69) is 10.6 Å². The zero-order valence-electron chi connectivity index (χ0n) is 8.84. The number of rotatable bonds is 5. The third-order valence-electron chi connectivity index (χ3n) is 2.47. The van der Waals surface area contributed by atoms with Crippen molar-refractivity contribution in [3.63, 3.8) is 0 Å². The number of ether oxygens (including phenoxy) is 1. The van der Waals surface area contributed by atoms with Gasteiger partial charge in [0.2, 0.25) is 5.91 Å². The van der Waals surface area contributed by atoms with Gasteiger partial charge in [-0.05, 0) is 19.4 Å². The second kappa shape index (κ2) is 6.79. The van der Waals surface area contributed by atoms with Crippen molar-refractivity contribution in [2.45, 2.75) is 31.7 Å². The molecule has 1 rings (SSSR count). The van der Waals surface area contributed by atoms with Gasteiger partial charge in [-0.2, -0.15) is 0 Å². The van der Waals surface area contributed by atoms with Crippen LogP contribution >= 0.6 is 0 Å². The van der Waals surface area contributed by atoms with Crippen molar-refractivity contribution >= 4 is 5.91 Å². The lowest BCUT2D eigenvalue weighted by molar-refractivity contribution is -0.121. The molecule has 1 aliphatic heterocycles. The van der Waals surface area contributed by atoms with E-state index in [9.17, 15) is 4.79 Å².